The predicted molar refractivity (Wildman–Crippen MR) is 117 cm³/mol. The Kier molecular flexibility index (Phi) is 5.69. The van der Waals surface area contributed by atoms with Crippen molar-refractivity contribution >= 4 is 28.2 Å². The quantitative estimate of drug-likeness (QED) is 0.599. The van der Waals surface area contributed by atoms with E-state index in [4.69, 9.17) is 19.7 Å². The summed E-state index contributed by atoms with van der Waals surface area (Å²) in [7, 11) is 3.09. The van der Waals surface area contributed by atoms with Crippen molar-refractivity contribution in [1.82, 2.24) is 5.16 Å². The normalized spacial score (nSPS) is 15.3. The number of rotatable bonds is 6. The number of hydrogen-bond acceptors (Lipinski definition) is 7. The van der Waals surface area contributed by atoms with Gasteiger partial charge in [-0.25, -0.2) is 0 Å². The fourth-order valence-electron chi connectivity index (χ4n) is 3.77. The van der Waals surface area contributed by atoms with Crippen LogP contribution in [0.15, 0.2) is 28.8 Å². The van der Waals surface area contributed by atoms with Crippen molar-refractivity contribution in [3.05, 3.63) is 46.0 Å². The third-order valence-electron chi connectivity index (χ3n) is 5.40. The van der Waals surface area contributed by atoms with Crippen LogP contribution in [0.1, 0.15) is 44.6 Å². The molecule has 2 amide bonds. The van der Waals surface area contributed by atoms with Gasteiger partial charge in [-0.2, -0.15) is 0 Å². The standard InChI is InChI=1S/C22H23N3O5S/c1-11-4-6-13-18(8-11)31-22(19(13)20(23)26)24-21(27)14-10-16(30-25-14)12-5-7-15(28-2)17(9-12)29-3/h5,7,9-11H,4,6,8H2,1-3H3,(H2,23,26)(H,24,27). The minimum Gasteiger partial charge on any atom is -0.493 e. The van der Waals surface area contributed by atoms with Crippen LogP contribution in [0.2, 0.25) is 0 Å². The number of benzene rings is 1. The minimum absolute atomic E-state index is 0.0972. The molecule has 31 heavy (non-hydrogen) atoms. The summed E-state index contributed by atoms with van der Waals surface area (Å²) in [6.45, 7) is 2.18. The van der Waals surface area contributed by atoms with Crippen molar-refractivity contribution in [2.75, 3.05) is 19.5 Å². The van der Waals surface area contributed by atoms with Crippen molar-refractivity contribution in [3.63, 3.8) is 0 Å². The first-order chi connectivity index (χ1) is 14.9. The van der Waals surface area contributed by atoms with E-state index in [1.54, 1.807) is 32.4 Å². The van der Waals surface area contributed by atoms with Crippen LogP contribution in [0.25, 0.3) is 11.3 Å². The van der Waals surface area contributed by atoms with Crippen LogP contribution < -0.4 is 20.5 Å². The largest absolute Gasteiger partial charge is 0.493 e. The molecule has 0 radical (unpaired) electrons. The molecule has 4 rings (SSSR count). The van der Waals surface area contributed by atoms with E-state index in [1.165, 1.54) is 17.4 Å². The number of carbonyl (C=O) groups excluding carboxylic acids is 2. The van der Waals surface area contributed by atoms with Gasteiger partial charge < -0.3 is 25.0 Å². The Morgan fingerprint density at radius 1 is 1.23 bits per heavy atom. The van der Waals surface area contributed by atoms with Crippen LogP contribution >= 0.6 is 11.3 Å². The number of fused-ring (bicyclic) bond motifs is 1. The molecule has 3 N–H and O–H groups in total. The molecule has 9 heteroatoms. The van der Waals surface area contributed by atoms with Gasteiger partial charge in [-0.3, -0.25) is 9.59 Å². The van der Waals surface area contributed by atoms with E-state index in [2.05, 4.69) is 17.4 Å². The summed E-state index contributed by atoms with van der Waals surface area (Å²) in [4.78, 5) is 26.0. The topological polar surface area (TPSA) is 117 Å². The Bertz CT molecular complexity index is 1150. The summed E-state index contributed by atoms with van der Waals surface area (Å²) in [5.74, 6) is 1.05. The number of nitrogens with two attached hydrogens (primary N) is 1. The summed E-state index contributed by atoms with van der Waals surface area (Å²) in [5.41, 5.74) is 7.77. The molecule has 1 unspecified atom stereocenters. The monoisotopic (exact) mass is 441 g/mol. The lowest BCUT2D eigenvalue weighted by Crippen LogP contribution is -2.19. The summed E-state index contributed by atoms with van der Waals surface area (Å²) in [5, 5.41) is 7.15. The van der Waals surface area contributed by atoms with Crippen molar-refractivity contribution in [2.24, 2.45) is 11.7 Å². The van der Waals surface area contributed by atoms with Gasteiger partial charge in [-0.15, -0.1) is 11.3 Å². The van der Waals surface area contributed by atoms with Gasteiger partial charge >= 0.3 is 0 Å². The van der Waals surface area contributed by atoms with Gasteiger partial charge in [0.1, 0.15) is 5.00 Å². The molecule has 2 aromatic heterocycles. The molecule has 0 bridgehead atoms. The fraction of sp³-hybridized carbons (Fsp3) is 0.318. The summed E-state index contributed by atoms with van der Waals surface area (Å²) in [6.07, 6.45) is 2.66. The second kappa shape index (κ2) is 8.43. The number of nitrogens with zero attached hydrogens (tertiary/aromatic N) is 1. The molecule has 0 aliphatic heterocycles. The van der Waals surface area contributed by atoms with Gasteiger partial charge in [-0.1, -0.05) is 12.1 Å². The highest BCUT2D eigenvalue weighted by Gasteiger charge is 2.28. The van der Waals surface area contributed by atoms with Crippen molar-refractivity contribution in [3.8, 4) is 22.8 Å². The van der Waals surface area contributed by atoms with E-state index in [1.807, 2.05) is 0 Å². The molecular weight excluding hydrogens is 418 g/mol. The molecule has 0 saturated heterocycles. The van der Waals surface area contributed by atoms with Crippen molar-refractivity contribution in [2.45, 2.75) is 26.2 Å². The van der Waals surface area contributed by atoms with Crippen LogP contribution in [0.5, 0.6) is 11.5 Å². The summed E-state index contributed by atoms with van der Waals surface area (Å²) < 4.78 is 15.9. The van der Waals surface area contributed by atoms with E-state index < -0.39 is 11.8 Å². The highest BCUT2D eigenvalue weighted by Crippen LogP contribution is 2.39. The fourth-order valence-corrected chi connectivity index (χ4v) is 5.19. The van der Waals surface area contributed by atoms with Gasteiger partial charge in [0, 0.05) is 16.5 Å². The Balaban J connectivity index is 1.59. The zero-order valence-electron chi connectivity index (χ0n) is 17.5. The van der Waals surface area contributed by atoms with E-state index >= 15 is 0 Å². The molecule has 0 saturated carbocycles. The number of thiophene rings is 1. The molecular formula is C22H23N3O5S. The van der Waals surface area contributed by atoms with Crippen molar-refractivity contribution in [1.29, 1.82) is 0 Å². The average molecular weight is 442 g/mol. The van der Waals surface area contributed by atoms with Crippen LogP contribution in [-0.2, 0) is 12.8 Å². The maximum atomic E-state index is 12.8. The lowest BCUT2D eigenvalue weighted by atomic mass is 9.88. The van der Waals surface area contributed by atoms with Crippen LogP contribution in [0.4, 0.5) is 5.00 Å². The third-order valence-corrected chi connectivity index (χ3v) is 6.57. The Morgan fingerprint density at radius 2 is 2.00 bits per heavy atom. The zero-order chi connectivity index (χ0) is 22.1. The zero-order valence-corrected chi connectivity index (χ0v) is 18.3. The second-order valence-electron chi connectivity index (χ2n) is 7.52. The number of hydrogen-bond donors (Lipinski definition) is 2. The highest BCUT2D eigenvalue weighted by atomic mass is 32.1. The number of amides is 2. The lowest BCUT2D eigenvalue weighted by Gasteiger charge is -2.18. The van der Waals surface area contributed by atoms with Gasteiger partial charge in [0.25, 0.3) is 11.8 Å². The minimum atomic E-state index is -0.534. The molecule has 1 aromatic carbocycles. The summed E-state index contributed by atoms with van der Waals surface area (Å²) >= 11 is 1.41. The Morgan fingerprint density at radius 3 is 2.71 bits per heavy atom. The first kappa shape index (κ1) is 20.9. The lowest BCUT2D eigenvalue weighted by molar-refractivity contribution is 0.1000. The van der Waals surface area contributed by atoms with E-state index in [9.17, 15) is 9.59 Å². The third kappa shape index (κ3) is 4.00. The number of nitrogens with one attached hydrogen (secondary N) is 1. The molecule has 1 aliphatic carbocycles. The van der Waals surface area contributed by atoms with Crippen LogP contribution in [-0.4, -0.2) is 31.2 Å². The van der Waals surface area contributed by atoms with Gasteiger partial charge in [0.15, 0.2) is 23.0 Å². The molecule has 8 nitrogen and oxygen atoms in total. The Hall–Kier alpha value is -3.33. The first-order valence-corrected chi connectivity index (χ1v) is 10.7. The molecule has 1 atom stereocenters. The second-order valence-corrected chi connectivity index (χ2v) is 8.63. The first-order valence-electron chi connectivity index (χ1n) is 9.86. The SMILES string of the molecule is COc1ccc(-c2cc(C(=O)Nc3sc4c(c3C(N)=O)CCC(C)C4)no2)cc1OC. The number of carbonyl (C=O) groups is 2. The number of anilines is 1. The Labute approximate surface area is 183 Å². The van der Waals surface area contributed by atoms with Crippen LogP contribution in [0.3, 0.4) is 0 Å². The molecule has 2 heterocycles. The molecule has 3 aromatic rings. The molecule has 1 aliphatic rings. The average Bonchev–Trinajstić information content (AvgIpc) is 3.37. The maximum absolute atomic E-state index is 12.8. The van der Waals surface area contributed by atoms with Gasteiger partial charge in [-0.05, 0) is 48.9 Å². The molecule has 0 spiro atoms. The summed E-state index contributed by atoms with van der Waals surface area (Å²) in [6, 6.07) is 6.80. The van der Waals surface area contributed by atoms with E-state index in [0.29, 0.717) is 39.3 Å². The van der Waals surface area contributed by atoms with Gasteiger partial charge in [0.2, 0.25) is 0 Å². The number of ether oxygens (including phenoxy) is 2. The smallest absolute Gasteiger partial charge is 0.278 e. The molecule has 0 fully saturated rings. The van der Waals surface area contributed by atoms with E-state index in [0.717, 1.165) is 29.7 Å². The number of primary amides is 1. The highest BCUT2D eigenvalue weighted by molar-refractivity contribution is 7.17. The number of methoxy groups -OCH3 is 2. The van der Waals surface area contributed by atoms with Crippen molar-refractivity contribution < 1.29 is 23.6 Å². The van der Waals surface area contributed by atoms with Crippen LogP contribution in [0, 0.1) is 5.92 Å². The number of aromatic nitrogens is 1. The van der Waals surface area contributed by atoms with Gasteiger partial charge in [0.05, 0.1) is 19.8 Å². The maximum Gasteiger partial charge on any atom is 0.278 e. The van der Waals surface area contributed by atoms with E-state index in [-0.39, 0.29) is 5.69 Å². The predicted octanol–water partition coefficient (Wildman–Crippen LogP) is 3.90. The molecule has 162 valence electrons.